The average Bonchev–Trinajstić information content (AvgIpc) is 3.11. The fourth-order valence-electron chi connectivity index (χ4n) is 3.80. The average molecular weight is 403 g/mol. The molecule has 1 fully saturated rings. The topological polar surface area (TPSA) is 60.9 Å². The number of carbonyl (C=O) groups excluding carboxylic acids is 1. The van der Waals surface area contributed by atoms with Crippen molar-refractivity contribution in [2.75, 3.05) is 44.2 Å². The molecule has 2 aliphatic rings. The number of anilines is 1. The predicted molar refractivity (Wildman–Crippen MR) is 104 cm³/mol. The van der Waals surface area contributed by atoms with Gasteiger partial charge in [-0.25, -0.2) is 12.8 Å². The van der Waals surface area contributed by atoms with Crippen LogP contribution >= 0.6 is 0 Å². The van der Waals surface area contributed by atoms with Crippen LogP contribution in [0.15, 0.2) is 53.4 Å². The van der Waals surface area contributed by atoms with E-state index in [9.17, 15) is 17.6 Å². The monoisotopic (exact) mass is 403 g/mol. The number of benzene rings is 2. The first-order valence-electron chi connectivity index (χ1n) is 9.32. The number of sulfonamides is 1. The summed E-state index contributed by atoms with van der Waals surface area (Å²) >= 11 is 0. The summed E-state index contributed by atoms with van der Waals surface area (Å²) < 4.78 is 40.5. The molecule has 8 heteroatoms. The molecule has 0 unspecified atom stereocenters. The summed E-state index contributed by atoms with van der Waals surface area (Å²) in [4.78, 5) is 16.1. The third kappa shape index (κ3) is 3.49. The second kappa shape index (κ2) is 7.52. The molecule has 4 rings (SSSR count). The normalized spacial score (nSPS) is 17.6. The van der Waals surface area contributed by atoms with E-state index in [1.54, 1.807) is 4.90 Å². The number of nitrogens with zero attached hydrogens (tertiary/aromatic N) is 3. The van der Waals surface area contributed by atoms with Crippen LogP contribution < -0.4 is 4.90 Å². The molecule has 2 aromatic carbocycles. The zero-order valence-electron chi connectivity index (χ0n) is 15.4. The molecule has 148 valence electrons. The maximum atomic E-state index is 13.9. The lowest BCUT2D eigenvalue weighted by molar-refractivity contribution is -0.130. The van der Waals surface area contributed by atoms with E-state index in [1.807, 2.05) is 18.2 Å². The van der Waals surface area contributed by atoms with E-state index >= 15 is 0 Å². The number of hydrogen-bond donors (Lipinski definition) is 0. The standard InChI is InChI=1S/C20H22FN3O3S/c21-17-6-2-4-8-19(17)28(26,27)24-13-11-22(12-14-24)20(25)15-23-10-9-16-5-1-3-7-18(16)23/h1-8H,9-15H2. The lowest BCUT2D eigenvalue weighted by Crippen LogP contribution is -2.52. The van der Waals surface area contributed by atoms with Crippen molar-refractivity contribution in [3.05, 3.63) is 59.9 Å². The highest BCUT2D eigenvalue weighted by Gasteiger charge is 2.32. The molecule has 0 radical (unpaired) electrons. The predicted octanol–water partition coefficient (Wildman–Crippen LogP) is 1.72. The molecule has 0 aromatic heterocycles. The van der Waals surface area contributed by atoms with Gasteiger partial charge in [-0.3, -0.25) is 4.79 Å². The van der Waals surface area contributed by atoms with Gasteiger partial charge < -0.3 is 9.80 Å². The highest BCUT2D eigenvalue weighted by atomic mass is 32.2. The molecule has 2 aromatic rings. The van der Waals surface area contributed by atoms with Crippen LogP contribution in [0.4, 0.5) is 10.1 Å². The summed E-state index contributed by atoms with van der Waals surface area (Å²) in [5.41, 5.74) is 2.34. The molecule has 2 aliphatic heterocycles. The van der Waals surface area contributed by atoms with Crippen molar-refractivity contribution < 1.29 is 17.6 Å². The Labute approximate surface area is 164 Å². The Morgan fingerprint density at radius 2 is 1.61 bits per heavy atom. The molecule has 28 heavy (non-hydrogen) atoms. The van der Waals surface area contributed by atoms with Crippen LogP contribution in [0.1, 0.15) is 5.56 Å². The van der Waals surface area contributed by atoms with Crippen LogP contribution in [0.2, 0.25) is 0 Å². The van der Waals surface area contributed by atoms with Crippen LogP contribution in [0, 0.1) is 5.82 Å². The van der Waals surface area contributed by atoms with E-state index in [2.05, 4.69) is 11.0 Å². The van der Waals surface area contributed by atoms with Gasteiger partial charge in [-0.05, 0) is 30.2 Å². The number of piperazine rings is 1. The quantitative estimate of drug-likeness (QED) is 0.780. The summed E-state index contributed by atoms with van der Waals surface area (Å²) in [7, 11) is -3.89. The van der Waals surface area contributed by atoms with Gasteiger partial charge in [-0.1, -0.05) is 30.3 Å². The first kappa shape index (κ1) is 18.9. The number of hydrogen-bond acceptors (Lipinski definition) is 4. The van der Waals surface area contributed by atoms with Gasteiger partial charge in [0.2, 0.25) is 15.9 Å². The van der Waals surface area contributed by atoms with E-state index in [4.69, 9.17) is 0 Å². The number of halogens is 1. The third-order valence-corrected chi connectivity index (χ3v) is 7.29. The molecule has 0 aliphatic carbocycles. The van der Waals surface area contributed by atoms with Crippen molar-refractivity contribution in [2.45, 2.75) is 11.3 Å². The Morgan fingerprint density at radius 1 is 0.929 bits per heavy atom. The largest absolute Gasteiger partial charge is 0.362 e. The van der Waals surface area contributed by atoms with Crippen LogP contribution in [0.3, 0.4) is 0 Å². The number of fused-ring (bicyclic) bond motifs is 1. The minimum Gasteiger partial charge on any atom is -0.362 e. The molecule has 0 N–H and O–H groups in total. The van der Waals surface area contributed by atoms with Gasteiger partial charge in [-0.2, -0.15) is 4.31 Å². The summed E-state index contributed by atoms with van der Waals surface area (Å²) in [5.74, 6) is -0.770. The molecule has 2 heterocycles. The highest BCUT2D eigenvalue weighted by Crippen LogP contribution is 2.27. The molecule has 6 nitrogen and oxygen atoms in total. The van der Waals surface area contributed by atoms with Gasteiger partial charge in [0.25, 0.3) is 0 Å². The first-order chi connectivity index (χ1) is 13.5. The van der Waals surface area contributed by atoms with E-state index in [-0.39, 0.29) is 30.4 Å². The van der Waals surface area contributed by atoms with Crippen LogP contribution in [-0.2, 0) is 21.2 Å². The third-order valence-electron chi connectivity index (χ3n) is 5.36. The lowest BCUT2D eigenvalue weighted by Gasteiger charge is -2.35. The van der Waals surface area contributed by atoms with Gasteiger partial charge >= 0.3 is 0 Å². The molecule has 0 saturated carbocycles. The maximum Gasteiger partial charge on any atom is 0.246 e. The Balaban J connectivity index is 1.38. The van der Waals surface area contributed by atoms with Crippen LogP contribution in [-0.4, -0.2) is 62.8 Å². The van der Waals surface area contributed by atoms with Gasteiger partial charge in [0.1, 0.15) is 10.7 Å². The number of carbonyl (C=O) groups is 1. The zero-order valence-corrected chi connectivity index (χ0v) is 16.2. The van der Waals surface area contributed by atoms with Crippen molar-refractivity contribution in [1.29, 1.82) is 0 Å². The number of amides is 1. The second-order valence-electron chi connectivity index (χ2n) is 7.02. The van der Waals surface area contributed by atoms with E-state index in [0.29, 0.717) is 13.1 Å². The fourth-order valence-corrected chi connectivity index (χ4v) is 5.29. The van der Waals surface area contributed by atoms with Crippen LogP contribution in [0.5, 0.6) is 0 Å². The Kier molecular flexibility index (Phi) is 5.07. The van der Waals surface area contributed by atoms with Gasteiger partial charge in [-0.15, -0.1) is 0 Å². The molecule has 0 bridgehead atoms. The molecule has 1 amide bonds. The number of para-hydroxylation sites is 1. The lowest BCUT2D eigenvalue weighted by atomic mass is 10.2. The van der Waals surface area contributed by atoms with Crippen molar-refractivity contribution >= 4 is 21.6 Å². The molecular weight excluding hydrogens is 381 g/mol. The van der Waals surface area contributed by atoms with Gasteiger partial charge in [0, 0.05) is 38.4 Å². The zero-order chi connectivity index (χ0) is 19.7. The van der Waals surface area contributed by atoms with Crippen molar-refractivity contribution in [1.82, 2.24) is 9.21 Å². The fraction of sp³-hybridized carbons (Fsp3) is 0.350. The van der Waals surface area contributed by atoms with Crippen molar-refractivity contribution in [2.24, 2.45) is 0 Å². The first-order valence-corrected chi connectivity index (χ1v) is 10.8. The summed E-state index contributed by atoms with van der Waals surface area (Å²) in [6.45, 7) is 2.05. The smallest absolute Gasteiger partial charge is 0.246 e. The minimum absolute atomic E-state index is 0.0142. The SMILES string of the molecule is O=C(CN1CCc2ccccc21)N1CCN(S(=O)(=O)c2ccccc2F)CC1. The molecule has 0 spiro atoms. The summed E-state index contributed by atoms with van der Waals surface area (Å²) in [6, 6.07) is 13.4. The minimum atomic E-state index is -3.89. The highest BCUT2D eigenvalue weighted by molar-refractivity contribution is 7.89. The van der Waals surface area contributed by atoms with Crippen molar-refractivity contribution in [3.8, 4) is 0 Å². The molecule has 1 saturated heterocycles. The Bertz CT molecular complexity index is 988. The second-order valence-corrected chi connectivity index (χ2v) is 8.92. The summed E-state index contributed by atoms with van der Waals surface area (Å²) in [5, 5.41) is 0. The molecular formula is C20H22FN3O3S. The van der Waals surface area contributed by atoms with Crippen LogP contribution in [0.25, 0.3) is 0 Å². The van der Waals surface area contributed by atoms with Crippen molar-refractivity contribution in [3.63, 3.8) is 0 Å². The Hall–Kier alpha value is -2.45. The van der Waals surface area contributed by atoms with Gasteiger partial charge in [0.15, 0.2) is 0 Å². The maximum absolute atomic E-state index is 13.9. The molecule has 0 atom stereocenters. The van der Waals surface area contributed by atoms with E-state index in [0.717, 1.165) is 24.7 Å². The number of rotatable bonds is 4. The van der Waals surface area contributed by atoms with E-state index < -0.39 is 15.8 Å². The van der Waals surface area contributed by atoms with E-state index in [1.165, 1.54) is 28.1 Å². The summed E-state index contributed by atoms with van der Waals surface area (Å²) in [6.07, 6.45) is 0.929. The Morgan fingerprint density at radius 3 is 2.36 bits per heavy atom. The van der Waals surface area contributed by atoms with Gasteiger partial charge in [0.05, 0.1) is 6.54 Å².